The summed E-state index contributed by atoms with van der Waals surface area (Å²) in [7, 11) is 1.79. The fourth-order valence-electron chi connectivity index (χ4n) is 2.61. The first-order valence-electron chi connectivity index (χ1n) is 9.05. The van der Waals surface area contributed by atoms with Crippen molar-refractivity contribution in [2.24, 2.45) is 0 Å². The van der Waals surface area contributed by atoms with Gasteiger partial charge in [-0.2, -0.15) is 4.68 Å². The van der Waals surface area contributed by atoms with Crippen molar-refractivity contribution in [1.29, 1.82) is 0 Å². The van der Waals surface area contributed by atoms with Crippen LogP contribution in [0.15, 0.2) is 41.6 Å². The fourth-order valence-corrected chi connectivity index (χ4v) is 4.58. The number of hydrogen-bond acceptors (Lipinski definition) is 6. The van der Waals surface area contributed by atoms with E-state index >= 15 is 0 Å². The second-order valence-electron chi connectivity index (χ2n) is 6.39. The molecule has 0 aliphatic heterocycles. The second-order valence-corrected chi connectivity index (χ2v) is 9.13. The number of rotatable bonds is 9. The SMILES string of the molecule is CCCCc1ccc(-n2nnnc2SCC(=O)N(C)Cc2ccc(Cl)s2)cc1. The van der Waals surface area contributed by atoms with Crippen LogP contribution in [0.2, 0.25) is 4.34 Å². The number of tetrazole rings is 1. The first-order valence-corrected chi connectivity index (χ1v) is 11.2. The molecule has 3 aromatic rings. The van der Waals surface area contributed by atoms with Gasteiger partial charge in [0.15, 0.2) is 0 Å². The fraction of sp³-hybridized carbons (Fsp3) is 0.368. The molecule has 28 heavy (non-hydrogen) atoms. The Balaban J connectivity index is 1.58. The quantitative estimate of drug-likeness (QED) is 0.464. The van der Waals surface area contributed by atoms with Crippen molar-refractivity contribution in [2.45, 2.75) is 37.9 Å². The van der Waals surface area contributed by atoms with Crippen molar-refractivity contribution in [3.8, 4) is 5.69 Å². The highest BCUT2D eigenvalue weighted by molar-refractivity contribution is 7.99. The summed E-state index contributed by atoms with van der Waals surface area (Å²) < 4.78 is 2.39. The van der Waals surface area contributed by atoms with E-state index < -0.39 is 0 Å². The molecule has 6 nitrogen and oxygen atoms in total. The van der Waals surface area contributed by atoms with Crippen LogP contribution >= 0.6 is 34.7 Å². The number of thioether (sulfide) groups is 1. The van der Waals surface area contributed by atoms with E-state index in [9.17, 15) is 4.79 Å². The Bertz CT molecular complexity index is 909. The lowest BCUT2D eigenvalue weighted by Gasteiger charge is -2.15. The van der Waals surface area contributed by atoms with Gasteiger partial charge in [-0.15, -0.1) is 16.4 Å². The first-order chi connectivity index (χ1) is 13.6. The Hall–Kier alpha value is -1.90. The van der Waals surface area contributed by atoms with Gasteiger partial charge >= 0.3 is 0 Å². The van der Waals surface area contributed by atoms with Crippen LogP contribution in [0.4, 0.5) is 0 Å². The molecule has 0 spiro atoms. The third-order valence-electron chi connectivity index (χ3n) is 4.21. The highest BCUT2D eigenvalue weighted by Crippen LogP contribution is 2.23. The minimum absolute atomic E-state index is 0.0129. The molecule has 1 aromatic carbocycles. The lowest BCUT2D eigenvalue weighted by atomic mass is 10.1. The number of carbonyl (C=O) groups is 1. The third-order valence-corrected chi connectivity index (χ3v) is 6.33. The number of amides is 1. The molecule has 9 heteroatoms. The molecule has 0 radical (unpaired) electrons. The molecule has 0 fully saturated rings. The van der Waals surface area contributed by atoms with E-state index in [-0.39, 0.29) is 11.7 Å². The van der Waals surface area contributed by atoms with Crippen molar-refractivity contribution in [3.63, 3.8) is 0 Å². The molecule has 0 saturated heterocycles. The standard InChI is InChI=1S/C19H22ClN5OS2/c1-3-4-5-14-6-8-15(9-7-14)25-19(21-22-23-25)27-13-18(26)24(2)12-16-10-11-17(20)28-16/h6-11H,3-5,12-13H2,1-2H3. The number of nitrogens with zero attached hydrogens (tertiary/aromatic N) is 5. The number of unbranched alkanes of at least 4 members (excludes halogenated alkanes) is 1. The molecular weight excluding hydrogens is 414 g/mol. The van der Waals surface area contributed by atoms with Crippen LogP contribution in [0.5, 0.6) is 0 Å². The van der Waals surface area contributed by atoms with E-state index in [1.807, 2.05) is 24.3 Å². The zero-order valence-electron chi connectivity index (χ0n) is 15.8. The molecule has 1 amide bonds. The van der Waals surface area contributed by atoms with Gasteiger partial charge in [0, 0.05) is 11.9 Å². The van der Waals surface area contributed by atoms with Gasteiger partial charge in [-0.1, -0.05) is 48.8 Å². The van der Waals surface area contributed by atoms with E-state index in [1.165, 1.54) is 41.5 Å². The normalized spacial score (nSPS) is 11.0. The van der Waals surface area contributed by atoms with Gasteiger partial charge < -0.3 is 4.90 Å². The van der Waals surface area contributed by atoms with Gasteiger partial charge in [-0.3, -0.25) is 4.79 Å². The van der Waals surface area contributed by atoms with Gasteiger partial charge in [0.25, 0.3) is 0 Å². The number of halogens is 1. The van der Waals surface area contributed by atoms with Crippen molar-refractivity contribution >= 4 is 40.6 Å². The Morgan fingerprint density at radius 3 is 2.71 bits per heavy atom. The highest BCUT2D eigenvalue weighted by Gasteiger charge is 2.15. The minimum Gasteiger partial charge on any atom is -0.340 e. The average Bonchev–Trinajstić information content (AvgIpc) is 3.33. The number of hydrogen-bond donors (Lipinski definition) is 0. The van der Waals surface area contributed by atoms with Crippen LogP contribution in [-0.2, 0) is 17.8 Å². The Labute approximate surface area is 177 Å². The average molecular weight is 436 g/mol. The summed E-state index contributed by atoms with van der Waals surface area (Å²) in [6.45, 7) is 2.73. The number of aromatic nitrogens is 4. The summed E-state index contributed by atoms with van der Waals surface area (Å²) in [6.07, 6.45) is 3.43. The lowest BCUT2D eigenvalue weighted by molar-refractivity contribution is -0.127. The molecule has 2 heterocycles. The lowest BCUT2D eigenvalue weighted by Crippen LogP contribution is -2.27. The van der Waals surface area contributed by atoms with Gasteiger partial charge in [0.1, 0.15) is 0 Å². The first kappa shape index (κ1) is 20.8. The van der Waals surface area contributed by atoms with E-state index in [4.69, 9.17) is 11.6 Å². The molecule has 0 aliphatic carbocycles. The number of carbonyl (C=O) groups excluding carboxylic acids is 1. The van der Waals surface area contributed by atoms with Crippen LogP contribution < -0.4 is 0 Å². The molecule has 0 aliphatic rings. The maximum absolute atomic E-state index is 12.4. The van der Waals surface area contributed by atoms with Gasteiger partial charge in [0.05, 0.1) is 22.3 Å². The number of thiophene rings is 1. The maximum Gasteiger partial charge on any atom is 0.233 e. The number of aryl methyl sites for hydroxylation is 1. The van der Waals surface area contributed by atoms with Crippen LogP contribution in [-0.4, -0.2) is 43.8 Å². The van der Waals surface area contributed by atoms with Gasteiger partial charge in [-0.25, -0.2) is 0 Å². The smallest absolute Gasteiger partial charge is 0.233 e. The van der Waals surface area contributed by atoms with Crippen molar-refractivity contribution in [3.05, 3.63) is 51.2 Å². The molecule has 0 atom stereocenters. The topological polar surface area (TPSA) is 63.9 Å². The Kier molecular flexibility index (Phi) is 7.47. The van der Waals surface area contributed by atoms with Crippen LogP contribution in [0, 0.1) is 0 Å². The van der Waals surface area contributed by atoms with Crippen molar-refractivity contribution in [1.82, 2.24) is 25.1 Å². The molecule has 2 aromatic heterocycles. The highest BCUT2D eigenvalue weighted by atomic mass is 35.5. The number of benzene rings is 1. The van der Waals surface area contributed by atoms with E-state index in [0.29, 0.717) is 11.7 Å². The summed E-state index contributed by atoms with van der Waals surface area (Å²) in [5.41, 5.74) is 2.19. The molecule has 148 valence electrons. The molecule has 0 N–H and O–H groups in total. The van der Waals surface area contributed by atoms with Crippen LogP contribution in [0.1, 0.15) is 30.2 Å². The molecule has 0 bridgehead atoms. The van der Waals surface area contributed by atoms with Crippen molar-refractivity contribution < 1.29 is 4.79 Å². The largest absolute Gasteiger partial charge is 0.340 e. The zero-order valence-corrected chi connectivity index (χ0v) is 18.2. The molecule has 0 saturated carbocycles. The van der Waals surface area contributed by atoms with Crippen LogP contribution in [0.25, 0.3) is 5.69 Å². The third kappa shape index (κ3) is 5.56. The second kappa shape index (κ2) is 10.0. The van der Waals surface area contributed by atoms with Crippen molar-refractivity contribution in [2.75, 3.05) is 12.8 Å². The van der Waals surface area contributed by atoms with Gasteiger partial charge in [-0.05, 0) is 53.1 Å². The summed E-state index contributed by atoms with van der Waals surface area (Å²) >= 11 is 8.76. The van der Waals surface area contributed by atoms with Gasteiger partial charge in [0.2, 0.25) is 11.1 Å². The van der Waals surface area contributed by atoms with E-state index in [0.717, 1.165) is 21.3 Å². The molecule has 3 rings (SSSR count). The summed E-state index contributed by atoms with van der Waals surface area (Å²) in [4.78, 5) is 15.2. The summed E-state index contributed by atoms with van der Waals surface area (Å²) in [5, 5.41) is 12.5. The maximum atomic E-state index is 12.4. The zero-order chi connectivity index (χ0) is 19.9. The predicted molar refractivity (Wildman–Crippen MR) is 114 cm³/mol. The minimum atomic E-state index is 0.0129. The van der Waals surface area contributed by atoms with E-state index in [2.05, 4.69) is 34.6 Å². The molecule has 0 unspecified atom stereocenters. The Morgan fingerprint density at radius 1 is 1.25 bits per heavy atom. The van der Waals surface area contributed by atoms with E-state index in [1.54, 1.807) is 16.6 Å². The summed E-state index contributed by atoms with van der Waals surface area (Å²) in [6, 6.07) is 12.0. The molecular formula is C19H22ClN5OS2. The summed E-state index contributed by atoms with van der Waals surface area (Å²) in [5.74, 6) is 0.281. The predicted octanol–water partition coefficient (Wildman–Crippen LogP) is 4.47. The monoisotopic (exact) mass is 435 g/mol. The van der Waals surface area contributed by atoms with Crippen LogP contribution in [0.3, 0.4) is 0 Å². The Morgan fingerprint density at radius 2 is 2.04 bits per heavy atom.